The Labute approximate surface area is 418 Å². The van der Waals surface area contributed by atoms with Crippen molar-refractivity contribution in [1.82, 2.24) is 15.0 Å². The Morgan fingerprint density at radius 2 is 0.859 bits per heavy atom. The fourth-order valence-electron chi connectivity index (χ4n) is 11.6. The van der Waals surface area contributed by atoms with E-state index in [1.165, 1.54) is 58.3 Å². The van der Waals surface area contributed by atoms with Crippen molar-refractivity contribution in [1.29, 1.82) is 0 Å². The SMILES string of the molecule is c1ccc(-c2nc(-c3ccccc3)nc(-c3ccc(-c4ccc5c(c4)Oc4cc(N6c7ccccc7[SiH-](c7ccccc7)(c7ccccc7)c7ccccc76)cc6c4B5c4ccccc4S6)cc3)n2)cc1. The zero-order valence-corrected chi connectivity index (χ0v) is 40.4. The second-order valence-corrected chi connectivity index (χ2v) is 23.9. The molecule has 0 fully saturated rings. The Hall–Kier alpha value is -8.56. The van der Waals surface area contributed by atoms with E-state index in [4.69, 9.17) is 19.7 Å². The van der Waals surface area contributed by atoms with Crippen molar-refractivity contribution >= 4 is 80.7 Å². The molecule has 0 aliphatic carbocycles. The number of hydrogen-bond donors (Lipinski definition) is 0. The smallest absolute Gasteiger partial charge is 0.208 e. The van der Waals surface area contributed by atoms with Crippen LogP contribution in [0.2, 0.25) is 0 Å². The standard InChI is InChI=1S/C63H42BN4OSSi/c1-5-19-43(20-6-1)61-65-62(44-21-7-2-8-22-44)67-63(66-61)45-35-33-42(34-36-45)46-37-38-50-54(39-46)69-55-40-47(41-57-60(55)64(50)51-27-13-16-30-56(51)70-57)68-52-28-14-17-31-58(52)71(48-23-9-3-10-24-48,49-25-11-4-12-26-49)59-32-18-15-29-53(59)68/h1-41,71H/q-1. The van der Waals surface area contributed by atoms with Gasteiger partial charge in [-0.2, -0.15) is 0 Å². The van der Waals surface area contributed by atoms with Gasteiger partial charge in [-0.05, 0) is 0 Å². The number of fused-ring (bicyclic) bond motifs is 6. The van der Waals surface area contributed by atoms with Crippen LogP contribution in [0.25, 0.3) is 45.3 Å². The van der Waals surface area contributed by atoms with Crippen LogP contribution in [-0.2, 0) is 0 Å². The van der Waals surface area contributed by atoms with Crippen molar-refractivity contribution in [2.75, 3.05) is 4.90 Å². The van der Waals surface area contributed by atoms with Gasteiger partial charge in [-0.3, -0.25) is 0 Å². The average Bonchev–Trinajstić information content (AvgIpc) is 3.45. The summed E-state index contributed by atoms with van der Waals surface area (Å²) in [6, 6.07) is 89.8. The van der Waals surface area contributed by atoms with E-state index in [2.05, 4.69) is 193 Å². The first kappa shape index (κ1) is 41.4. The number of aromatic nitrogens is 3. The Bertz CT molecular complexity index is 3700. The Balaban J connectivity index is 0.880. The van der Waals surface area contributed by atoms with Gasteiger partial charge in [0.05, 0.1) is 0 Å². The molecule has 4 heterocycles. The molecule has 0 radical (unpaired) electrons. The molecule has 0 atom stereocenters. The second-order valence-electron chi connectivity index (χ2n) is 18.5. The van der Waals surface area contributed by atoms with Gasteiger partial charge in [0.15, 0.2) is 17.5 Å². The summed E-state index contributed by atoms with van der Waals surface area (Å²) in [5.74, 6) is 3.67. The molecular formula is C63H42BN4OSSi-. The zero-order valence-electron chi connectivity index (χ0n) is 38.4. The third kappa shape index (κ3) is 6.74. The molecular weight excluding hydrogens is 900 g/mol. The molecule has 0 N–H and O–H groups in total. The van der Waals surface area contributed by atoms with E-state index in [-0.39, 0.29) is 6.71 Å². The van der Waals surface area contributed by atoms with Crippen LogP contribution >= 0.6 is 11.8 Å². The van der Waals surface area contributed by atoms with E-state index in [0.717, 1.165) is 45.0 Å². The molecule has 1 aromatic heterocycles. The number of para-hydroxylation sites is 2. The van der Waals surface area contributed by atoms with Gasteiger partial charge >= 0.3 is 299 Å². The van der Waals surface area contributed by atoms with Crippen molar-refractivity contribution in [2.45, 2.75) is 9.79 Å². The molecule has 11 aromatic rings. The van der Waals surface area contributed by atoms with Gasteiger partial charge in [-0.15, -0.1) is 0 Å². The van der Waals surface area contributed by atoms with Gasteiger partial charge in [0.1, 0.15) is 0 Å². The van der Waals surface area contributed by atoms with Gasteiger partial charge in [-0.25, -0.2) is 15.0 Å². The quantitative estimate of drug-likeness (QED) is 0.148. The number of ether oxygens (including phenoxy) is 1. The summed E-state index contributed by atoms with van der Waals surface area (Å²) in [7, 11) is -3.22. The first-order valence-electron chi connectivity index (χ1n) is 24.2. The summed E-state index contributed by atoms with van der Waals surface area (Å²) < 4.78 is 7.24. The van der Waals surface area contributed by atoms with Crippen LogP contribution in [0.3, 0.4) is 0 Å². The van der Waals surface area contributed by atoms with Gasteiger partial charge < -0.3 is 0 Å². The van der Waals surface area contributed by atoms with E-state index in [1.54, 1.807) is 0 Å². The first-order chi connectivity index (χ1) is 35.2. The fourth-order valence-corrected chi connectivity index (χ4v) is 18.7. The minimum Gasteiger partial charge on any atom is -0.208 e. The molecule has 3 aliphatic heterocycles. The van der Waals surface area contributed by atoms with Gasteiger partial charge in [0.2, 0.25) is 0 Å². The molecule has 8 heteroatoms. The maximum atomic E-state index is 7.24. The van der Waals surface area contributed by atoms with Crippen LogP contribution in [0.4, 0.5) is 17.1 Å². The molecule has 0 bridgehead atoms. The Morgan fingerprint density at radius 1 is 0.380 bits per heavy atom. The summed E-state index contributed by atoms with van der Waals surface area (Å²) in [5.41, 5.74) is 12.1. The van der Waals surface area contributed by atoms with Crippen LogP contribution in [0.5, 0.6) is 11.5 Å². The molecule has 10 aromatic carbocycles. The van der Waals surface area contributed by atoms with Crippen LogP contribution < -0.4 is 46.8 Å². The third-order valence-corrected chi connectivity index (χ3v) is 21.5. The molecule has 71 heavy (non-hydrogen) atoms. The van der Waals surface area contributed by atoms with Gasteiger partial charge in [0.25, 0.3) is 0 Å². The summed E-state index contributed by atoms with van der Waals surface area (Å²) in [4.78, 5) is 19.9. The van der Waals surface area contributed by atoms with Crippen molar-refractivity contribution in [2.24, 2.45) is 0 Å². The number of anilines is 3. The summed E-state index contributed by atoms with van der Waals surface area (Å²) in [6.07, 6.45) is 0. The van der Waals surface area contributed by atoms with E-state index in [9.17, 15) is 0 Å². The molecule has 334 valence electrons. The third-order valence-electron chi connectivity index (χ3n) is 14.7. The molecule has 0 saturated heterocycles. The minimum atomic E-state index is -3.22. The van der Waals surface area contributed by atoms with E-state index < -0.39 is 8.07 Å². The Morgan fingerprint density at radius 3 is 1.45 bits per heavy atom. The molecule has 0 amide bonds. The van der Waals surface area contributed by atoms with E-state index in [0.29, 0.717) is 17.5 Å². The molecule has 3 aliphatic rings. The van der Waals surface area contributed by atoms with E-state index in [1.807, 2.05) is 72.4 Å². The average molecular weight is 942 g/mol. The maximum absolute atomic E-state index is 7.24. The first-order valence-corrected chi connectivity index (χ1v) is 27.3. The summed E-state index contributed by atoms with van der Waals surface area (Å²) >= 11 is 1.85. The number of nitrogens with zero attached hydrogens (tertiary/aromatic N) is 4. The molecule has 0 unspecified atom stereocenters. The van der Waals surface area contributed by atoms with Crippen LogP contribution in [0, 0.1) is 0 Å². The molecule has 0 saturated carbocycles. The number of hydrogen-bond acceptors (Lipinski definition) is 6. The van der Waals surface area contributed by atoms with Crippen molar-refractivity contribution in [3.05, 3.63) is 249 Å². The monoisotopic (exact) mass is 941 g/mol. The number of rotatable bonds is 7. The van der Waals surface area contributed by atoms with E-state index >= 15 is 0 Å². The normalized spacial score (nSPS) is 13.9. The van der Waals surface area contributed by atoms with Crippen molar-refractivity contribution < 1.29 is 4.74 Å². The van der Waals surface area contributed by atoms with Gasteiger partial charge in [-0.1, -0.05) is 72.8 Å². The number of benzene rings is 10. The van der Waals surface area contributed by atoms with Gasteiger partial charge in [0, 0.05) is 16.7 Å². The second kappa shape index (κ2) is 16.8. The minimum absolute atomic E-state index is 0.0202. The van der Waals surface area contributed by atoms with Crippen molar-refractivity contribution in [3.63, 3.8) is 0 Å². The molecule has 5 nitrogen and oxygen atoms in total. The predicted molar refractivity (Wildman–Crippen MR) is 297 cm³/mol. The summed E-state index contributed by atoms with van der Waals surface area (Å²) in [5, 5.41) is 5.58. The predicted octanol–water partition coefficient (Wildman–Crippen LogP) is 10.5. The van der Waals surface area contributed by atoms with Crippen molar-refractivity contribution in [3.8, 4) is 56.8 Å². The Kier molecular flexibility index (Phi) is 9.83. The molecule has 14 rings (SSSR count). The van der Waals surface area contributed by atoms with Crippen LogP contribution in [0.1, 0.15) is 0 Å². The zero-order chi connectivity index (χ0) is 46.9. The fraction of sp³-hybridized carbons (Fsp3) is 0. The topological polar surface area (TPSA) is 51.1 Å². The summed E-state index contributed by atoms with van der Waals surface area (Å²) in [6.45, 7) is 0.0202. The van der Waals surface area contributed by atoms with Crippen LogP contribution in [-0.4, -0.2) is 29.7 Å². The molecule has 0 spiro atoms. The van der Waals surface area contributed by atoms with Crippen LogP contribution in [0.15, 0.2) is 259 Å².